The zero-order chi connectivity index (χ0) is 9.42. The van der Waals surface area contributed by atoms with Crippen LogP contribution >= 0.6 is 27.3 Å². The molecule has 0 fully saturated rings. The second kappa shape index (κ2) is 3.29. The molecule has 1 heterocycles. The van der Waals surface area contributed by atoms with E-state index in [9.17, 15) is 5.11 Å². The molecule has 0 spiro atoms. The zero-order valence-electron chi connectivity index (χ0n) is 6.62. The summed E-state index contributed by atoms with van der Waals surface area (Å²) in [5.41, 5.74) is 0.842. The van der Waals surface area contributed by atoms with Gasteiger partial charge in [0.2, 0.25) is 0 Å². The van der Waals surface area contributed by atoms with Crippen molar-refractivity contribution in [3.8, 4) is 5.75 Å². The summed E-state index contributed by atoms with van der Waals surface area (Å²) in [5, 5.41) is 21.0. The lowest BCUT2D eigenvalue weighted by molar-refractivity contribution is 0.283. The second-order valence-corrected chi connectivity index (χ2v) is 4.52. The van der Waals surface area contributed by atoms with Gasteiger partial charge in [-0.05, 0) is 17.7 Å². The number of halogens is 1. The Bertz CT molecular complexity index is 450. The van der Waals surface area contributed by atoms with Crippen LogP contribution in [0.25, 0.3) is 10.1 Å². The third-order valence-corrected chi connectivity index (χ3v) is 3.38. The quantitative estimate of drug-likeness (QED) is 0.826. The number of benzene rings is 1. The van der Waals surface area contributed by atoms with E-state index in [1.54, 1.807) is 5.38 Å². The number of aliphatic hydroxyl groups excluding tert-OH is 1. The van der Waals surface area contributed by atoms with Gasteiger partial charge in [-0.15, -0.1) is 11.3 Å². The summed E-state index contributed by atoms with van der Waals surface area (Å²) in [6.45, 7) is -0.00407. The normalized spacial score (nSPS) is 10.9. The molecule has 13 heavy (non-hydrogen) atoms. The summed E-state index contributed by atoms with van der Waals surface area (Å²) >= 11 is 4.77. The predicted octanol–water partition coefficient (Wildman–Crippen LogP) is 2.86. The lowest BCUT2D eigenvalue weighted by atomic mass is 10.2. The van der Waals surface area contributed by atoms with E-state index in [4.69, 9.17) is 5.11 Å². The number of aromatic hydroxyl groups is 1. The van der Waals surface area contributed by atoms with Crippen molar-refractivity contribution >= 4 is 37.4 Å². The SMILES string of the molecule is OCc1cc(Br)cc2c(O)csc12. The Kier molecular flexibility index (Phi) is 2.27. The molecule has 1 aromatic heterocycles. The number of fused-ring (bicyclic) bond motifs is 1. The van der Waals surface area contributed by atoms with E-state index < -0.39 is 0 Å². The molecule has 0 saturated heterocycles. The van der Waals surface area contributed by atoms with E-state index in [2.05, 4.69) is 15.9 Å². The first-order chi connectivity index (χ1) is 6.22. The highest BCUT2D eigenvalue weighted by Gasteiger charge is 2.07. The Hall–Kier alpha value is -0.580. The molecule has 1 aromatic carbocycles. The highest BCUT2D eigenvalue weighted by molar-refractivity contribution is 9.10. The predicted molar refractivity (Wildman–Crippen MR) is 57.1 cm³/mol. The van der Waals surface area contributed by atoms with Gasteiger partial charge in [0, 0.05) is 19.9 Å². The van der Waals surface area contributed by atoms with Crippen molar-refractivity contribution in [3.63, 3.8) is 0 Å². The molecule has 0 bridgehead atoms. The highest BCUT2D eigenvalue weighted by Crippen LogP contribution is 2.35. The van der Waals surface area contributed by atoms with E-state index in [0.29, 0.717) is 0 Å². The maximum absolute atomic E-state index is 9.46. The van der Waals surface area contributed by atoms with Crippen molar-refractivity contribution in [1.29, 1.82) is 0 Å². The minimum Gasteiger partial charge on any atom is -0.506 e. The van der Waals surface area contributed by atoms with Gasteiger partial charge in [0.25, 0.3) is 0 Å². The summed E-state index contributed by atoms with van der Waals surface area (Å²) < 4.78 is 1.82. The van der Waals surface area contributed by atoms with Crippen LogP contribution in [0.3, 0.4) is 0 Å². The van der Waals surface area contributed by atoms with Crippen LogP contribution in [0.5, 0.6) is 5.75 Å². The average Bonchev–Trinajstić information content (AvgIpc) is 2.47. The van der Waals surface area contributed by atoms with Gasteiger partial charge < -0.3 is 10.2 Å². The molecule has 0 amide bonds. The van der Waals surface area contributed by atoms with Gasteiger partial charge in [-0.3, -0.25) is 0 Å². The summed E-state index contributed by atoms with van der Waals surface area (Å²) in [7, 11) is 0. The molecule has 0 aliphatic carbocycles. The van der Waals surface area contributed by atoms with Gasteiger partial charge in [0.05, 0.1) is 6.61 Å². The molecule has 2 rings (SSSR count). The topological polar surface area (TPSA) is 40.5 Å². The van der Waals surface area contributed by atoms with Gasteiger partial charge >= 0.3 is 0 Å². The van der Waals surface area contributed by atoms with Crippen molar-refractivity contribution in [3.05, 3.63) is 27.5 Å². The molecule has 2 nitrogen and oxygen atoms in total. The van der Waals surface area contributed by atoms with E-state index in [1.807, 2.05) is 12.1 Å². The molecule has 2 aromatic rings. The molecule has 0 aliphatic heterocycles. The van der Waals surface area contributed by atoms with Crippen LogP contribution in [-0.2, 0) is 6.61 Å². The van der Waals surface area contributed by atoms with Crippen LogP contribution in [0.4, 0.5) is 0 Å². The first-order valence-electron chi connectivity index (χ1n) is 3.72. The molecule has 4 heteroatoms. The molecule has 0 saturated carbocycles. The molecular formula is C9H7BrO2S. The third kappa shape index (κ3) is 1.45. The maximum Gasteiger partial charge on any atom is 0.134 e. The summed E-state index contributed by atoms with van der Waals surface area (Å²) in [4.78, 5) is 0. The van der Waals surface area contributed by atoms with Crippen LogP contribution in [0.1, 0.15) is 5.56 Å². The van der Waals surface area contributed by atoms with Gasteiger partial charge in [-0.2, -0.15) is 0 Å². The summed E-state index contributed by atoms with van der Waals surface area (Å²) in [5.74, 6) is 0.274. The lowest BCUT2D eigenvalue weighted by Crippen LogP contribution is -1.82. The van der Waals surface area contributed by atoms with Crippen molar-refractivity contribution in [2.75, 3.05) is 0 Å². The van der Waals surface area contributed by atoms with Gasteiger partial charge in [-0.1, -0.05) is 15.9 Å². The fourth-order valence-electron chi connectivity index (χ4n) is 1.28. The molecule has 0 unspecified atom stereocenters. The Labute approximate surface area is 87.6 Å². The first-order valence-corrected chi connectivity index (χ1v) is 5.39. The van der Waals surface area contributed by atoms with Crippen molar-refractivity contribution in [2.45, 2.75) is 6.61 Å². The average molecular weight is 259 g/mol. The molecule has 2 N–H and O–H groups in total. The zero-order valence-corrected chi connectivity index (χ0v) is 9.02. The monoisotopic (exact) mass is 258 g/mol. The van der Waals surface area contributed by atoms with Crippen LogP contribution in [0, 0.1) is 0 Å². The van der Waals surface area contributed by atoms with Gasteiger partial charge in [0.1, 0.15) is 5.75 Å². The van der Waals surface area contributed by atoms with Gasteiger partial charge in [0.15, 0.2) is 0 Å². The van der Waals surface area contributed by atoms with E-state index >= 15 is 0 Å². The first kappa shape index (κ1) is 8.99. The van der Waals surface area contributed by atoms with E-state index in [1.165, 1.54) is 11.3 Å². The summed E-state index contributed by atoms with van der Waals surface area (Å²) in [6.07, 6.45) is 0. The Morgan fingerprint density at radius 2 is 2.15 bits per heavy atom. The van der Waals surface area contributed by atoms with Crippen LogP contribution in [0.15, 0.2) is 22.0 Å². The minimum atomic E-state index is -0.00407. The third-order valence-electron chi connectivity index (χ3n) is 1.87. The van der Waals surface area contributed by atoms with Crippen molar-refractivity contribution in [2.24, 2.45) is 0 Å². The fourth-order valence-corrected chi connectivity index (χ4v) is 2.70. The number of thiophene rings is 1. The Balaban J connectivity index is 2.84. The highest BCUT2D eigenvalue weighted by atomic mass is 79.9. The van der Waals surface area contributed by atoms with Crippen molar-refractivity contribution < 1.29 is 10.2 Å². The van der Waals surface area contributed by atoms with Crippen molar-refractivity contribution in [1.82, 2.24) is 0 Å². The number of rotatable bonds is 1. The Morgan fingerprint density at radius 3 is 2.85 bits per heavy atom. The smallest absolute Gasteiger partial charge is 0.134 e. The number of hydrogen-bond acceptors (Lipinski definition) is 3. The standard InChI is InChI=1S/C9H7BrO2S/c10-6-1-5(3-11)9-7(2-6)8(12)4-13-9/h1-2,4,11-12H,3H2. The van der Waals surface area contributed by atoms with Gasteiger partial charge in [-0.25, -0.2) is 0 Å². The number of hydrogen-bond donors (Lipinski definition) is 2. The Morgan fingerprint density at radius 1 is 1.38 bits per heavy atom. The molecule has 0 aliphatic rings. The molecule has 68 valence electrons. The van der Waals surface area contributed by atoms with Crippen LogP contribution in [0.2, 0.25) is 0 Å². The second-order valence-electron chi connectivity index (χ2n) is 2.72. The van der Waals surface area contributed by atoms with Crippen LogP contribution < -0.4 is 0 Å². The lowest BCUT2D eigenvalue weighted by Gasteiger charge is -1.99. The molecule has 0 atom stereocenters. The summed E-state index contributed by atoms with van der Waals surface area (Å²) in [6, 6.07) is 3.71. The molecule has 0 radical (unpaired) electrons. The van der Waals surface area contributed by atoms with E-state index in [-0.39, 0.29) is 12.4 Å². The largest absolute Gasteiger partial charge is 0.506 e. The maximum atomic E-state index is 9.46. The number of aliphatic hydroxyl groups is 1. The minimum absolute atomic E-state index is 0.00407. The molecular weight excluding hydrogens is 252 g/mol. The van der Waals surface area contributed by atoms with Crippen LogP contribution in [-0.4, -0.2) is 10.2 Å². The van der Waals surface area contributed by atoms with E-state index in [0.717, 1.165) is 20.1 Å². The fraction of sp³-hybridized carbons (Fsp3) is 0.111.